The SMILES string of the molecule is CN(Cc1c(N)cccc1Br)CC1CCCN1C. The molecule has 2 N–H and O–H groups in total. The maximum atomic E-state index is 6.04. The zero-order chi connectivity index (χ0) is 13.1. The highest BCUT2D eigenvalue weighted by Crippen LogP contribution is 2.24. The molecule has 3 nitrogen and oxygen atoms in total. The van der Waals surface area contributed by atoms with Crippen molar-refractivity contribution in [3.05, 3.63) is 28.2 Å². The van der Waals surface area contributed by atoms with Crippen LogP contribution in [0.25, 0.3) is 0 Å². The maximum Gasteiger partial charge on any atom is 0.0371 e. The molecule has 0 radical (unpaired) electrons. The maximum absolute atomic E-state index is 6.04. The molecule has 1 atom stereocenters. The number of hydrogen-bond donors (Lipinski definition) is 1. The molecule has 0 aliphatic carbocycles. The molecule has 0 spiro atoms. The van der Waals surface area contributed by atoms with Crippen molar-refractivity contribution in [2.45, 2.75) is 25.4 Å². The highest BCUT2D eigenvalue weighted by molar-refractivity contribution is 9.10. The van der Waals surface area contributed by atoms with Crippen molar-refractivity contribution >= 4 is 21.6 Å². The number of nitrogens with zero attached hydrogens (tertiary/aromatic N) is 2. The largest absolute Gasteiger partial charge is 0.398 e. The molecule has 0 bridgehead atoms. The van der Waals surface area contributed by atoms with Gasteiger partial charge in [-0.3, -0.25) is 0 Å². The van der Waals surface area contributed by atoms with Crippen molar-refractivity contribution in [3.8, 4) is 0 Å². The molecule has 1 aromatic rings. The number of hydrogen-bond acceptors (Lipinski definition) is 3. The summed E-state index contributed by atoms with van der Waals surface area (Å²) in [6, 6.07) is 6.70. The summed E-state index contributed by atoms with van der Waals surface area (Å²) in [5.41, 5.74) is 8.10. The Labute approximate surface area is 118 Å². The van der Waals surface area contributed by atoms with Gasteiger partial charge in [0.25, 0.3) is 0 Å². The molecule has 0 saturated carbocycles. The Bertz CT molecular complexity index is 388. The lowest BCUT2D eigenvalue weighted by Crippen LogP contribution is -2.36. The summed E-state index contributed by atoms with van der Waals surface area (Å²) in [4.78, 5) is 4.82. The van der Waals surface area contributed by atoms with E-state index in [1.807, 2.05) is 12.1 Å². The van der Waals surface area contributed by atoms with Crippen LogP contribution in [0.15, 0.2) is 22.7 Å². The summed E-state index contributed by atoms with van der Waals surface area (Å²) in [5, 5.41) is 0. The van der Waals surface area contributed by atoms with Gasteiger partial charge in [-0.05, 0) is 45.6 Å². The van der Waals surface area contributed by atoms with E-state index in [9.17, 15) is 0 Å². The van der Waals surface area contributed by atoms with E-state index in [2.05, 4.69) is 45.9 Å². The van der Waals surface area contributed by atoms with Gasteiger partial charge in [-0.1, -0.05) is 22.0 Å². The van der Waals surface area contributed by atoms with Gasteiger partial charge in [-0.15, -0.1) is 0 Å². The van der Waals surface area contributed by atoms with Gasteiger partial charge in [0.05, 0.1) is 0 Å². The number of halogens is 1. The van der Waals surface area contributed by atoms with Gasteiger partial charge < -0.3 is 15.5 Å². The Hall–Kier alpha value is -0.580. The number of rotatable bonds is 4. The van der Waals surface area contributed by atoms with Crippen molar-refractivity contribution in [2.75, 3.05) is 32.9 Å². The first-order chi connectivity index (χ1) is 8.58. The van der Waals surface area contributed by atoms with Crippen LogP contribution in [0.3, 0.4) is 0 Å². The van der Waals surface area contributed by atoms with Crippen LogP contribution in [-0.4, -0.2) is 43.0 Å². The summed E-state index contributed by atoms with van der Waals surface area (Å²) in [5.74, 6) is 0. The van der Waals surface area contributed by atoms with Gasteiger partial charge in [0, 0.05) is 34.9 Å². The van der Waals surface area contributed by atoms with Crippen LogP contribution in [0.1, 0.15) is 18.4 Å². The first kappa shape index (κ1) is 13.8. The molecule has 100 valence electrons. The molecule has 1 aromatic carbocycles. The molecule has 2 rings (SSSR count). The minimum atomic E-state index is 0.693. The van der Waals surface area contributed by atoms with Gasteiger partial charge in [-0.2, -0.15) is 0 Å². The quantitative estimate of drug-likeness (QED) is 0.867. The minimum Gasteiger partial charge on any atom is -0.398 e. The fraction of sp³-hybridized carbons (Fsp3) is 0.571. The fourth-order valence-electron chi connectivity index (χ4n) is 2.65. The third kappa shape index (κ3) is 3.25. The predicted molar refractivity (Wildman–Crippen MR) is 80.5 cm³/mol. The molecule has 0 amide bonds. The molecule has 1 unspecified atom stereocenters. The molecule has 4 heteroatoms. The Balaban J connectivity index is 1.96. The molecular formula is C14H22BrN3. The highest BCUT2D eigenvalue weighted by Gasteiger charge is 2.22. The Kier molecular flexibility index (Phi) is 4.65. The number of benzene rings is 1. The number of anilines is 1. The van der Waals surface area contributed by atoms with Crippen molar-refractivity contribution in [2.24, 2.45) is 0 Å². The van der Waals surface area contributed by atoms with E-state index >= 15 is 0 Å². The Morgan fingerprint density at radius 3 is 2.89 bits per heavy atom. The van der Waals surface area contributed by atoms with Gasteiger partial charge in [0.2, 0.25) is 0 Å². The van der Waals surface area contributed by atoms with Crippen molar-refractivity contribution in [3.63, 3.8) is 0 Å². The Morgan fingerprint density at radius 1 is 1.50 bits per heavy atom. The second-order valence-electron chi connectivity index (χ2n) is 5.28. The van der Waals surface area contributed by atoms with Crippen molar-refractivity contribution < 1.29 is 0 Å². The van der Waals surface area contributed by atoms with E-state index in [4.69, 9.17) is 5.73 Å². The Morgan fingerprint density at radius 2 is 2.28 bits per heavy atom. The number of likely N-dealkylation sites (N-methyl/N-ethyl adjacent to an activating group) is 2. The average molecular weight is 312 g/mol. The lowest BCUT2D eigenvalue weighted by Gasteiger charge is -2.26. The van der Waals surface area contributed by atoms with E-state index in [0.717, 1.165) is 23.2 Å². The van der Waals surface area contributed by atoms with Crippen LogP contribution in [0.5, 0.6) is 0 Å². The number of likely N-dealkylation sites (tertiary alicyclic amines) is 1. The number of nitrogens with two attached hydrogens (primary N) is 1. The van der Waals surface area contributed by atoms with Crippen LogP contribution >= 0.6 is 15.9 Å². The van der Waals surface area contributed by atoms with E-state index in [-0.39, 0.29) is 0 Å². The van der Waals surface area contributed by atoms with Gasteiger partial charge in [0.15, 0.2) is 0 Å². The van der Waals surface area contributed by atoms with Crippen LogP contribution in [-0.2, 0) is 6.54 Å². The van der Waals surface area contributed by atoms with Crippen molar-refractivity contribution in [1.82, 2.24) is 9.80 Å². The third-order valence-corrected chi connectivity index (χ3v) is 4.52. The molecule has 1 heterocycles. The normalized spacial score (nSPS) is 20.8. The summed E-state index contributed by atoms with van der Waals surface area (Å²) in [7, 11) is 4.39. The van der Waals surface area contributed by atoms with Crippen LogP contribution < -0.4 is 5.73 Å². The van der Waals surface area contributed by atoms with Gasteiger partial charge in [0.1, 0.15) is 0 Å². The topological polar surface area (TPSA) is 32.5 Å². The van der Waals surface area contributed by atoms with Crippen LogP contribution in [0.2, 0.25) is 0 Å². The van der Waals surface area contributed by atoms with Crippen molar-refractivity contribution in [1.29, 1.82) is 0 Å². The molecule has 18 heavy (non-hydrogen) atoms. The first-order valence-electron chi connectivity index (χ1n) is 6.49. The summed E-state index contributed by atoms with van der Waals surface area (Å²) < 4.78 is 1.11. The van der Waals surface area contributed by atoms with E-state index in [0.29, 0.717) is 6.04 Å². The molecule has 1 fully saturated rings. The first-order valence-corrected chi connectivity index (χ1v) is 7.29. The third-order valence-electron chi connectivity index (χ3n) is 3.78. The average Bonchev–Trinajstić information content (AvgIpc) is 2.70. The summed E-state index contributed by atoms with van der Waals surface area (Å²) >= 11 is 3.58. The monoisotopic (exact) mass is 311 g/mol. The highest BCUT2D eigenvalue weighted by atomic mass is 79.9. The second-order valence-corrected chi connectivity index (χ2v) is 6.14. The van der Waals surface area contributed by atoms with Crippen LogP contribution in [0, 0.1) is 0 Å². The minimum absolute atomic E-state index is 0.693. The van der Waals surface area contributed by atoms with Crippen LogP contribution in [0.4, 0.5) is 5.69 Å². The zero-order valence-electron chi connectivity index (χ0n) is 11.2. The molecule has 0 aromatic heterocycles. The molecule has 1 saturated heterocycles. The smallest absolute Gasteiger partial charge is 0.0371 e. The molecule has 1 aliphatic heterocycles. The van der Waals surface area contributed by atoms with E-state index in [1.165, 1.54) is 24.9 Å². The standard InChI is InChI=1S/C14H22BrN3/c1-17(9-11-5-4-8-18(11)2)10-12-13(15)6-3-7-14(12)16/h3,6-7,11H,4-5,8-10,16H2,1-2H3. The summed E-state index contributed by atoms with van der Waals surface area (Å²) in [6.45, 7) is 3.24. The fourth-order valence-corrected chi connectivity index (χ4v) is 3.15. The predicted octanol–water partition coefficient (Wildman–Crippen LogP) is 2.56. The van der Waals surface area contributed by atoms with Gasteiger partial charge >= 0.3 is 0 Å². The lowest BCUT2D eigenvalue weighted by atomic mass is 10.1. The zero-order valence-corrected chi connectivity index (χ0v) is 12.8. The number of nitrogen functional groups attached to an aromatic ring is 1. The lowest BCUT2D eigenvalue weighted by molar-refractivity contribution is 0.215. The second kappa shape index (κ2) is 6.04. The van der Waals surface area contributed by atoms with E-state index < -0.39 is 0 Å². The van der Waals surface area contributed by atoms with Gasteiger partial charge in [-0.25, -0.2) is 0 Å². The molecule has 1 aliphatic rings. The van der Waals surface area contributed by atoms with E-state index in [1.54, 1.807) is 0 Å². The summed E-state index contributed by atoms with van der Waals surface area (Å²) in [6.07, 6.45) is 2.64. The molecular weight excluding hydrogens is 290 g/mol.